The van der Waals surface area contributed by atoms with E-state index in [-0.39, 0.29) is 17.6 Å². The number of benzene rings is 2. The van der Waals surface area contributed by atoms with Crippen molar-refractivity contribution in [1.29, 1.82) is 0 Å². The number of carbonyl (C=O) groups is 2. The summed E-state index contributed by atoms with van der Waals surface area (Å²) in [7, 11) is 3.07. The van der Waals surface area contributed by atoms with Gasteiger partial charge in [-0.25, -0.2) is 4.39 Å². The van der Waals surface area contributed by atoms with E-state index in [1.165, 1.54) is 24.5 Å². The number of carbonyl (C=O) groups excluding carboxylic acids is 2. The summed E-state index contributed by atoms with van der Waals surface area (Å²) < 4.78 is 24.6. The van der Waals surface area contributed by atoms with Crippen molar-refractivity contribution in [2.75, 3.05) is 40.4 Å². The Morgan fingerprint density at radius 1 is 0.875 bits per heavy atom. The zero-order valence-electron chi connectivity index (χ0n) is 17.8. The summed E-state index contributed by atoms with van der Waals surface area (Å²) in [6.07, 6.45) is 0. The molecule has 0 bridgehead atoms. The molecule has 0 radical (unpaired) electrons. The van der Waals surface area contributed by atoms with Gasteiger partial charge in [0.15, 0.2) is 0 Å². The van der Waals surface area contributed by atoms with Crippen molar-refractivity contribution in [3.8, 4) is 21.9 Å². The molecule has 0 N–H and O–H groups in total. The molecule has 2 aromatic carbocycles. The predicted molar refractivity (Wildman–Crippen MR) is 121 cm³/mol. The third kappa shape index (κ3) is 4.31. The fourth-order valence-electron chi connectivity index (χ4n) is 3.67. The number of hydrogen-bond donors (Lipinski definition) is 0. The standard InChI is InChI=1S/C24H23FN2O4S/c1-30-16-7-8-18(20(15-16)31-2)23(28)26-11-13-27(14-12-26)24(29)22-10-9-21(32-22)17-5-3-4-6-19(17)25/h3-10,15H,11-14H2,1-2H3. The van der Waals surface area contributed by atoms with E-state index < -0.39 is 0 Å². The maximum atomic E-state index is 14.1. The van der Waals surface area contributed by atoms with Crippen LogP contribution in [-0.4, -0.2) is 62.0 Å². The van der Waals surface area contributed by atoms with Crippen molar-refractivity contribution in [3.63, 3.8) is 0 Å². The molecule has 32 heavy (non-hydrogen) atoms. The van der Waals surface area contributed by atoms with Gasteiger partial charge in [0, 0.05) is 42.7 Å². The molecule has 2 heterocycles. The zero-order chi connectivity index (χ0) is 22.7. The summed E-state index contributed by atoms with van der Waals surface area (Å²) in [5, 5.41) is 0. The normalized spacial score (nSPS) is 13.7. The van der Waals surface area contributed by atoms with E-state index in [9.17, 15) is 14.0 Å². The van der Waals surface area contributed by atoms with Crippen molar-refractivity contribution in [1.82, 2.24) is 9.80 Å². The number of piperazine rings is 1. The lowest BCUT2D eigenvalue weighted by Gasteiger charge is -2.34. The van der Waals surface area contributed by atoms with E-state index in [2.05, 4.69) is 0 Å². The minimum Gasteiger partial charge on any atom is -0.497 e. The van der Waals surface area contributed by atoms with Crippen molar-refractivity contribution >= 4 is 23.2 Å². The van der Waals surface area contributed by atoms with Crippen LogP contribution in [0.4, 0.5) is 4.39 Å². The molecule has 2 amide bonds. The first-order chi connectivity index (χ1) is 15.5. The van der Waals surface area contributed by atoms with E-state index in [1.54, 1.807) is 65.4 Å². The second kappa shape index (κ2) is 9.40. The first kappa shape index (κ1) is 21.8. The minimum absolute atomic E-state index is 0.105. The third-order valence-electron chi connectivity index (χ3n) is 5.45. The summed E-state index contributed by atoms with van der Waals surface area (Å²) in [6.45, 7) is 1.70. The van der Waals surface area contributed by atoms with Crippen LogP contribution in [0, 0.1) is 5.82 Å². The van der Waals surface area contributed by atoms with Crippen LogP contribution in [0.3, 0.4) is 0 Å². The van der Waals surface area contributed by atoms with Crippen LogP contribution >= 0.6 is 11.3 Å². The molecule has 1 aliphatic heterocycles. The number of thiophene rings is 1. The van der Waals surface area contributed by atoms with E-state index in [0.29, 0.717) is 58.6 Å². The monoisotopic (exact) mass is 454 g/mol. The topological polar surface area (TPSA) is 59.1 Å². The molecule has 4 rings (SSSR count). The second-order valence-corrected chi connectivity index (χ2v) is 8.38. The SMILES string of the molecule is COc1ccc(C(=O)N2CCN(C(=O)c3ccc(-c4ccccc4F)s3)CC2)c(OC)c1. The van der Waals surface area contributed by atoms with E-state index in [1.807, 2.05) is 0 Å². The van der Waals surface area contributed by atoms with Gasteiger partial charge >= 0.3 is 0 Å². The summed E-state index contributed by atoms with van der Waals surface area (Å²) in [5.74, 6) is 0.502. The Morgan fingerprint density at radius 3 is 2.22 bits per heavy atom. The largest absolute Gasteiger partial charge is 0.497 e. The third-order valence-corrected chi connectivity index (χ3v) is 6.56. The molecule has 6 nitrogen and oxygen atoms in total. The fraction of sp³-hybridized carbons (Fsp3) is 0.250. The van der Waals surface area contributed by atoms with Crippen LogP contribution in [0.1, 0.15) is 20.0 Å². The van der Waals surface area contributed by atoms with Crippen LogP contribution in [0.15, 0.2) is 54.6 Å². The average Bonchev–Trinajstić information content (AvgIpc) is 3.33. The number of ether oxygens (including phenoxy) is 2. The molecular formula is C24H23FN2O4S. The molecule has 0 spiro atoms. The number of amides is 2. The average molecular weight is 455 g/mol. The molecule has 0 unspecified atom stereocenters. The smallest absolute Gasteiger partial charge is 0.264 e. The van der Waals surface area contributed by atoms with Gasteiger partial charge in [0.05, 0.1) is 24.7 Å². The highest BCUT2D eigenvalue weighted by atomic mass is 32.1. The minimum atomic E-state index is -0.311. The maximum absolute atomic E-state index is 14.1. The molecule has 166 valence electrons. The lowest BCUT2D eigenvalue weighted by Crippen LogP contribution is -2.50. The van der Waals surface area contributed by atoms with Crippen molar-refractivity contribution in [2.24, 2.45) is 0 Å². The fourth-order valence-corrected chi connectivity index (χ4v) is 4.67. The Labute approximate surface area is 189 Å². The van der Waals surface area contributed by atoms with Crippen LogP contribution in [0.25, 0.3) is 10.4 Å². The summed E-state index contributed by atoms with van der Waals surface area (Å²) in [6, 6.07) is 15.1. The van der Waals surface area contributed by atoms with Crippen molar-refractivity contribution < 1.29 is 23.5 Å². The molecule has 0 aliphatic carbocycles. The Bertz CT molecular complexity index is 1140. The van der Waals surface area contributed by atoms with Gasteiger partial charge in [-0.3, -0.25) is 9.59 Å². The van der Waals surface area contributed by atoms with E-state index in [0.717, 1.165) is 0 Å². The molecule has 1 aromatic heterocycles. The van der Waals surface area contributed by atoms with E-state index in [4.69, 9.17) is 9.47 Å². The number of halogens is 1. The summed E-state index contributed by atoms with van der Waals surface area (Å²) >= 11 is 1.27. The van der Waals surface area contributed by atoms with Crippen LogP contribution < -0.4 is 9.47 Å². The highest BCUT2D eigenvalue weighted by Gasteiger charge is 2.28. The molecule has 0 atom stereocenters. The summed E-state index contributed by atoms with van der Waals surface area (Å²) in [5.41, 5.74) is 0.946. The molecule has 0 saturated carbocycles. The van der Waals surface area contributed by atoms with Crippen LogP contribution in [-0.2, 0) is 0 Å². The lowest BCUT2D eigenvalue weighted by atomic mass is 10.1. The van der Waals surface area contributed by atoms with Gasteiger partial charge in [-0.2, -0.15) is 0 Å². The number of nitrogens with zero attached hydrogens (tertiary/aromatic N) is 2. The molecule has 8 heteroatoms. The maximum Gasteiger partial charge on any atom is 0.264 e. The Balaban J connectivity index is 1.41. The summed E-state index contributed by atoms with van der Waals surface area (Å²) in [4.78, 5) is 30.7. The number of rotatable bonds is 5. The van der Waals surface area contributed by atoms with Gasteiger partial charge in [0.1, 0.15) is 17.3 Å². The highest BCUT2D eigenvalue weighted by Crippen LogP contribution is 2.31. The van der Waals surface area contributed by atoms with E-state index >= 15 is 0 Å². The van der Waals surface area contributed by atoms with Crippen LogP contribution in [0.5, 0.6) is 11.5 Å². The molecular weight excluding hydrogens is 431 g/mol. The Kier molecular flexibility index (Phi) is 6.41. The molecule has 1 aliphatic rings. The predicted octanol–water partition coefficient (Wildman–Crippen LogP) is 4.17. The highest BCUT2D eigenvalue weighted by molar-refractivity contribution is 7.17. The first-order valence-electron chi connectivity index (χ1n) is 10.2. The first-order valence-corrected chi connectivity index (χ1v) is 11.0. The van der Waals surface area contributed by atoms with Crippen molar-refractivity contribution in [2.45, 2.75) is 0 Å². The zero-order valence-corrected chi connectivity index (χ0v) is 18.7. The lowest BCUT2D eigenvalue weighted by molar-refractivity contribution is 0.0536. The van der Waals surface area contributed by atoms with Gasteiger partial charge in [0.2, 0.25) is 0 Å². The van der Waals surface area contributed by atoms with Crippen LogP contribution in [0.2, 0.25) is 0 Å². The van der Waals surface area contributed by atoms with Gasteiger partial charge in [-0.05, 0) is 30.3 Å². The number of hydrogen-bond acceptors (Lipinski definition) is 5. The van der Waals surface area contributed by atoms with Gasteiger partial charge in [0.25, 0.3) is 11.8 Å². The second-order valence-electron chi connectivity index (χ2n) is 7.29. The van der Waals surface area contributed by atoms with Gasteiger partial charge < -0.3 is 19.3 Å². The molecule has 1 saturated heterocycles. The Morgan fingerprint density at radius 2 is 1.56 bits per heavy atom. The van der Waals surface area contributed by atoms with Crippen molar-refractivity contribution in [3.05, 3.63) is 70.9 Å². The molecule has 3 aromatic rings. The Hall–Kier alpha value is -3.39. The molecule has 1 fully saturated rings. The quantitative estimate of drug-likeness (QED) is 0.581. The van der Waals surface area contributed by atoms with Gasteiger partial charge in [-0.1, -0.05) is 18.2 Å². The van der Waals surface area contributed by atoms with Gasteiger partial charge in [-0.15, -0.1) is 11.3 Å². The number of methoxy groups -OCH3 is 2.